The van der Waals surface area contributed by atoms with Crippen molar-refractivity contribution in [2.45, 2.75) is 31.7 Å². The summed E-state index contributed by atoms with van der Waals surface area (Å²) in [7, 11) is 1.64. The van der Waals surface area contributed by atoms with Crippen LogP contribution >= 0.6 is 23.1 Å². The maximum Gasteiger partial charge on any atom is 0.254 e. The number of nitrogens with one attached hydrogen (secondary N) is 1. The number of fused-ring (bicyclic) bond motifs is 1. The molecule has 7 nitrogen and oxygen atoms in total. The van der Waals surface area contributed by atoms with E-state index in [0.717, 1.165) is 21.2 Å². The van der Waals surface area contributed by atoms with Crippen molar-refractivity contribution in [3.63, 3.8) is 0 Å². The number of thioether (sulfide) groups is 1. The topological polar surface area (TPSA) is 80.1 Å². The first-order valence-corrected chi connectivity index (χ1v) is 13.0. The number of anilines is 1. The highest BCUT2D eigenvalue weighted by Crippen LogP contribution is 2.31. The fourth-order valence-electron chi connectivity index (χ4n) is 3.70. The van der Waals surface area contributed by atoms with Gasteiger partial charge >= 0.3 is 0 Å². The van der Waals surface area contributed by atoms with Gasteiger partial charge in [-0.05, 0) is 57.4 Å². The number of carbonyl (C=O) groups excluding carboxylic acids is 2. The van der Waals surface area contributed by atoms with Gasteiger partial charge in [-0.1, -0.05) is 12.1 Å². The van der Waals surface area contributed by atoms with Crippen LogP contribution in [0.3, 0.4) is 0 Å². The van der Waals surface area contributed by atoms with E-state index < -0.39 is 0 Å². The van der Waals surface area contributed by atoms with Crippen molar-refractivity contribution < 1.29 is 9.59 Å². The Morgan fingerprint density at radius 3 is 2.65 bits per heavy atom. The number of amides is 2. The SMILES string of the molecule is CSc1ccccc1NC(=O)CN(C)C(=O)c1cc(-c2ccc(C)s2)nc2c1cnn2C(C)C. The number of pyridine rings is 1. The normalized spacial score (nSPS) is 11.2. The molecule has 34 heavy (non-hydrogen) atoms. The van der Waals surface area contributed by atoms with Gasteiger partial charge in [0.15, 0.2) is 5.65 Å². The molecule has 0 unspecified atom stereocenters. The molecule has 0 bridgehead atoms. The maximum absolute atomic E-state index is 13.5. The second-order valence-electron chi connectivity index (χ2n) is 8.30. The number of nitrogens with zero attached hydrogens (tertiary/aromatic N) is 4. The molecule has 0 aliphatic carbocycles. The predicted octanol–water partition coefficient (Wildman–Crippen LogP) is 5.48. The third kappa shape index (κ3) is 4.85. The molecule has 3 heterocycles. The Labute approximate surface area is 207 Å². The molecule has 0 aliphatic rings. The van der Waals surface area contributed by atoms with Crippen molar-refractivity contribution in [3.8, 4) is 10.6 Å². The van der Waals surface area contributed by atoms with Crippen molar-refractivity contribution in [3.05, 3.63) is 59.1 Å². The molecule has 4 aromatic rings. The summed E-state index contributed by atoms with van der Waals surface area (Å²) in [6.45, 7) is 6.02. The second kappa shape index (κ2) is 9.99. The van der Waals surface area contributed by atoms with Crippen LogP contribution in [0, 0.1) is 6.92 Å². The Kier molecular flexibility index (Phi) is 7.04. The van der Waals surface area contributed by atoms with Gasteiger partial charge in [0.05, 0.1) is 39.9 Å². The minimum atomic E-state index is -0.255. The van der Waals surface area contributed by atoms with Crippen LogP contribution in [0.2, 0.25) is 0 Å². The van der Waals surface area contributed by atoms with E-state index in [-0.39, 0.29) is 24.4 Å². The highest BCUT2D eigenvalue weighted by molar-refractivity contribution is 7.98. The third-order valence-corrected chi connectivity index (χ3v) is 7.21. The maximum atomic E-state index is 13.5. The first-order chi connectivity index (χ1) is 16.3. The molecule has 0 aliphatic heterocycles. The number of aromatic nitrogens is 3. The lowest BCUT2D eigenvalue weighted by molar-refractivity contribution is -0.116. The zero-order valence-electron chi connectivity index (χ0n) is 19.8. The van der Waals surface area contributed by atoms with E-state index >= 15 is 0 Å². The summed E-state index contributed by atoms with van der Waals surface area (Å²) in [5.41, 5.74) is 2.61. The van der Waals surface area contributed by atoms with Gasteiger partial charge in [-0.15, -0.1) is 23.1 Å². The van der Waals surface area contributed by atoms with Crippen LogP contribution in [0.25, 0.3) is 21.6 Å². The molecule has 2 amide bonds. The number of benzene rings is 1. The summed E-state index contributed by atoms with van der Waals surface area (Å²) < 4.78 is 1.82. The summed E-state index contributed by atoms with van der Waals surface area (Å²) in [6.07, 6.45) is 3.64. The Bertz CT molecular complexity index is 1360. The number of hydrogen-bond acceptors (Lipinski definition) is 6. The van der Waals surface area contributed by atoms with E-state index in [0.29, 0.717) is 16.6 Å². The molecular weight excluding hydrogens is 466 g/mol. The number of aryl methyl sites for hydroxylation is 1. The van der Waals surface area contributed by atoms with E-state index in [1.807, 2.05) is 68.1 Å². The summed E-state index contributed by atoms with van der Waals surface area (Å²) >= 11 is 3.18. The van der Waals surface area contributed by atoms with Crippen molar-refractivity contribution in [2.24, 2.45) is 0 Å². The van der Waals surface area contributed by atoms with Crippen LogP contribution in [0.4, 0.5) is 5.69 Å². The minimum Gasteiger partial charge on any atom is -0.332 e. The van der Waals surface area contributed by atoms with Gasteiger partial charge in [0, 0.05) is 22.9 Å². The van der Waals surface area contributed by atoms with Crippen LogP contribution in [0.5, 0.6) is 0 Å². The number of para-hydroxylation sites is 1. The fourth-order valence-corrected chi connectivity index (χ4v) is 5.08. The summed E-state index contributed by atoms with van der Waals surface area (Å²) in [5, 5.41) is 8.07. The number of thiophene rings is 1. The Balaban J connectivity index is 1.65. The average molecular weight is 494 g/mol. The number of rotatable bonds is 7. The average Bonchev–Trinajstić information content (AvgIpc) is 3.44. The molecular formula is C25H27N5O2S2. The van der Waals surface area contributed by atoms with E-state index in [9.17, 15) is 9.59 Å². The monoisotopic (exact) mass is 493 g/mol. The largest absolute Gasteiger partial charge is 0.332 e. The quantitative estimate of drug-likeness (QED) is 0.345. The first kappa shape index (κ1) is 24.0. The van der Waals surface area contributed by atoms with Gasteiger partial charge in [0.1, 0.15) is 0 Å². The Morgan fingerprint density at radius 1 is 1.21 bits per heavy atom. The molecule has 176 valence electrons. The molecule has 0 radical (unpaired) electrons. The summed E-state index contributed by atoms with van der Waals surface area (Å²) in [5.74, 6) is -0.506. The number of likely N-dealkylation sites (N-methyl/N-ethyl adjacent to an activating group) is 1. The lowest BCUT2D eigenvalue weighted by Gasteiger charge is -2.18. The lowest BCUT2D eigenvalue weighted by atomic mass is 10.1. The van der Waals surface area contributed by atoms with E-state index in [2.05, 4.69) is 10.4 Å². The fraction of sp³-hybridized carbons (Fsp3) is 0.280. The van der Waals surface area contributed by atoms with Crippen LogP contribution in [-0.2, 0) is 4.79 Å². The molecule has 0 atom stereocenters. The lowest BCUT2D eigenvalue weighted by Crippen LogP contribution is -2.35. The third-order valence-electron chi connectivity index (χ3n) is 5.39. The van der Waals surface area contributed by atoms with Gasteiger partial charge in [-0.3, -0.25) is 9.59 Å². The predicted molar refractivity (Wildman–Crippen MR) is 140 cm³/mol. The van der Waals surface area contributed by atoms with E-state index in [4.69, 9.17) is 4.98 Å². The molecule has 0 saturated carbocycles. The second-order valence-corrected chi connectivity index (χ2v) is 10.4. The summed E-state index contributed by atoms with van der Waals surface area (Å²) in [4.78, 5) is 35.6. The van der Waals surface area contributed by atoms with Gasteiger partial charge in [0.25, 0.3) is 5.91 Å². The van der Waals surface area contributed by atoms with Crippen molar-refractivity contribution in [1.82, 2.24) is 19.7 Å². The van der Waals surface area contributed by atoms with Crippen LogP contribution in [0.1, 0.15) is 35.1 Å². The number of hydrogen-bond donors (Lipinski definition) is 1. The number of carbonyl (C=O) groups is 2. The van der Waals surface area contributed by atoms with Crippen LogP contribution in [-0.4, -0.2) is 51.3 Å². The zero-order valence-corrected chi connectivity index (χ0v) is 21.5. The molecule has 1 aromatic carbocycles. The minimum absolute atomic E-state index is 0.0723. The molecule has 0 fully saturated rings. The molecule has 0 saturated heterocycles. The van der Waals surface area contributed by atoms with Crippen LogP contribution < -0.4 is 5.32 Å². The van der Waals surface area contributed by atoms with Gasteiger partial charge in [0.2, 0.25) is 5.91 Å². The van der Waals surface area contributed by atoms with Crippen molar-refractivity contribution in [2.75, 3.05) is 25.2 Å². The molecule has 1 N–H and O–H groups in total. The molecule has 3 aromatic heterocycles. The van der Waals surface area contributed by atoms with Gasteiger partial charge < -0.3 is 10.2 Å². The standard InChI is InChI=1S/C25H27N5O2S2/c1-15(2)30-24-18(13-26-30)17(12-20(28-24)22-11-10-16(3)34-22)25(32)29(4)14-23(31)27-19-8-6-7-9-21(19)33-5/h6-13,15H,14H2,1-5H3,(H,27,31). The highest BCUT2D eigenvalue weighted by atomic mass is 32.2. The van der Waals surface area contributed by atoms with Gasteiger partial charge in [-0.25, -0.2) is 9.67 Å². The van der Waals surface area contributed by atoms with Crippen LogP contribution in [0.15, 0.2) is 53.6 Å². The smallest absolute Gasteiger partial charge is 0.254 e. The zero-order chi connectivity index (χ0) is 24.4. The van der Waals surface area contributed by atoms with E-state index in [1.54, 1.807) is 42.4 Å². The first-order valence-electron chi connectivity index (χ1n) is 10.9. The molecule has 0 spiro atoms. The Hall–Kier alpha value is -3.17. The Morgan fingerprint density at radius 2 is 1.97 bits per heavy atom. The highest BCUT2D eigenvalue weighted by Gasteiger charge is 2.23. The van der Waals surface area contributed by atoms with Crippen molar-refractivity contribution in [1.29, 1.82) is 0 Å². The molecule has 4 rings (SSSR count). The van der Waals surface area contributed by atoms with E-state index in [1.165, 1.54) is 9.78 Å². The van der Waals surface area contributed by atoms with Gasteiger partial charge in [-0.2, -0.15) is 5.10 Å². The summed E-state index contributed by atoms with van der Waals surface area (Å²) in [6, 6.07) is 13.5. The van der Waals surface area contributed by atoms with Crippen molar-refractivity contribution >= 4 is 51.6 Å². The molecule has 9 heteroatoms.